The van der Waals surface area contributed by atoms with E-state index in [4.69, 9.17) is 4.74 Å². The maximum atomic E-state index is 13.6. The average Bonchev–Trinajstić information content (AvgIpc) is 2.26. The molecule has 1 aromatic carbocycles. The topological polar surface area (TPSA) is 22.1 Å². The van der Waals surface area contributed by atoms with Gasteiger partial charge in [-0.05, 0) is 36.4 Å². The van der Waals surface area contributed by atoms with Crippen LogP contribution in [0.5, 0.6) is 5.75 Å². The van der Waals surface area contributed by atoms with E-state index in [-0.39, 0.29) is 5.82 Å². The van der Waals surface area contributed by atoms with Crippen molar-refractivity contribution in [2.24, 2.45) is 0 Å². The summed E-state index contributed by atoms with van der Waals surface area (Å²) in [4.78, 5) is 4.46. The number of methoxy groups -OCH3 is 1. The van der Waals surface area contributed by atoms with E-state index in [9.17, 15) is 4.39 Å². The van der Waals surface area contributed by atoms with Gasteiger partial charge < -0.3 is 4.74 Å². The summed E-state index contributed by atoms with van der Waals surface area (Å²) in [7, 11) is 1.49. The van der Waals surface area contributed by atoms with Crippen molar-refractivity contribution >= 4 is 10.8 Å². The van der Waals surface area contributed by atoms with Crippen LogP contribution in [0.2, 0.25) is 0 Å². The number of hydrogen-bond acceptors (Lipinski definition) is 2. The van der Waals surface area contributed by atoms with Gasteiger partial charge in [0.1, 0.15) is 0 Å². The smallest absolute Gasteiger partial charge is 0.165 e. The maximum absolute atomic E-state index is 13.6. The zero-order chi connectivity index (χ0) is 11.8. The number of hydrogen-bond donors (Lipinski definition) is 0. The van der Waals surface area contributed by atoms with Gasteiger partial charge in [-0.3, -0.25) is 4.98 Å². The normalized spacial score (nSPS) is 15.9. The van der Waals surface area contributed by atoms with Crippen molar-refractivity contribution in [2.45, 2.75) is 25.2 Å². The van der Waals surface area contributed by atoms with Gasteiger partial charge in [-0.2, -0.15) is 0 Å². The van der Waals surface area contributed by atoms with Crippen molar-refractivity contribution in [1.82, 2.24) is 4.98 Å². The molecule has 0 saturated heterocycles. The molecule has 1 heterocycles. The first-order valence-corrected chi connectivity index (χ1v) is 5.92. The molecule has 3 heteroatoms. The summed E-state index contributed by atoms with van der Waals surface area (Å²) in [5, 5.41) is 1.93. The Morgan fingerprint density at radius 3 is 2.82 bits per heavy atom. The van der Waals surface area contributed by atoms with Crippen LogP contribution in [0.3, 0.4) is 0 Å². The van der Waals surface area contributed by atoms with Gasteiger partial charge in [0.25, 0.3) is 0 Å². The zero-order valence-corrected chi connectivity index (χ0v) is 9.74. The molecule has 1 aliphatic carbocycles. The van der Waals surface area contributed by atoms with Crippen LogP contribution < -0.4 is 4.74 Å². The molecule has 0 N–H and O–H groups in total. The standard InChI is InChI=1S/C14H14FNO/c1-17-13-8-11-10(7-12(13)15)5-6-16-14(11)9-3-2-4-9/h5-9H,2-4H2,1H3. The Morgan fingerprint density at radius 2 is 2.18 bits per heavy atom. The first-order chi connectivity index (χ1) is 8.29. The van der Waals surface area contributed by atoms with Gasteiger partial charge in [0.15, 0.2) is 11.6 Å². The highest BCUT2D eigenvalue weighted by atomic mass is 19.1. The Balaban J connectivity index is 2.22. The Bertz CT molecular complexity index is 563. The van der Waals surface area contributed by atoms with E-state index >= 15 is 0 Å². The van der Waals surface area contributed by atoms with E-state index in [0.717, 1.165) is 16.5 Å². The third-order valence-corrected chi connectivity index (χ3v) is 3.56. The highest BCUT2D eigenvalue weighted by Crippen LogP contribution is 2.39. The highest BCUT2D eigenvalue weighted by Gasteiger charge is 2.23. The van der Waals surface area contributed by atoms with E-state index in [2.05, 4.69) is 4.98 Å². The van der Waals surface area contributed by atoms with Gasteiger partial charge in [-0.15, -0.1) is 0 Å². The van der Waals surface area contributed by atoms with Crippen molar-refractivity contribution in [3.05, 3.63) is 35.9 Å². The van der Waals surface area contributed by atoms with E-state index < -0.39 is 0 Å². The number of pyridine rings is 1. The lowest BCUT2D eigenvalue weighted by Gasteiger charge is -2.25. The molecule has 0 amide bonds. The number of benzene rings is 1. The lowest BCUT2D eigenvalue weighted by molar-refractivity contribution is 0.387. The van der Waals surface area contributed by atoms with Crippen LogP contribution in [0.4, 0.5) is 4.39 Å². The SMILES string of the molecule is COc1cc2c(C3CCC3)nccc2cc1F. The quantitative estimate of drug-likeness (QED) is 0.787. The molecule has 1 fully saturated rings. The summed E-state index contributed by atoms with van der Waals surface area (Å²) in [6.07, 6.45) is 5.40. The molecule has 0 bridgehead atoms. The maximum Gasteiger partial charge on any atom is 0.165 e. The van der Waals surface area contributed by atoms with E-state index in [1.807, 2.05) is 6.07 Å². The molecule has 1 aliphatic rings. The van der Waals surface area contributed by atoms with Crippen molar-refractivity contribution < 1.29 is 9.13 Å². The average molecular weight is 231 g/mol. The highest BCUT2D eigenvalue weighted by molar-refractivity contribution is 5.86. The van der Waals surface area contributed by atoms with Gasteiger partial charge in [0, 0.05) is 17.5 Å². The molecule has 0 radical (unpaired) electrons. The largest absolute Gasteiger partial charge is 0.494 e. The van der Waals surface area contributed by atoms with Crippen LogP contribution in [0.25, 0.3) is 10.8 Å². The van der Waals surface area contributed by atoms with Crippen LogP contribution in [0.15, 0.2) is 24.4 Å². The lowest BCUT2D eigenvalue weighted by atomic mass is 9.81. The first kappa shape index (κ1) is 10.5. The predicted octanol–water partition coefficient (Wildman–Crippen LogP) is 3.65. The number of fused-ring (bicyclic) bond motifs is 1. The van der Waals surface area contributed by atoms with Crippen molar-refractivity contribution in [3.63, 3.8) is 0 Å². The van der Waals surface area contributed by atoms with Gasteiger partial charge >= 0.3 is 0 Å². The molecular weight excluding hydrogens is 217 g/mol. The number of rotatable bonds is 2. The van der Waals surface area contributed by atoms with Crippen molar-refractivity contribution in [2.75, 3.05) is 7.11 Å². The van der Waals surface area contributed by atoms with Gasteiger partial charge in [-0.25, -0.2) is 4.39 Å². The summed E-state index contributed by atoms with van der Waals surface area (Å²) in [5.41, 5.74) is 1.09. The Hall–Kier alpha value is -1.64. The zero-order valence-electron chi connectivity index (χ0n) is 9.74. The summed E-state index contributed by atoms with van der Waals surface area (Å²) >= 11 is 0. The van der Waals surface area contributed by atoms with Crippen LogP contribution >= 0.6 is 0 Å². The fourth-order valence-corrected chi connectivity index (χ4v) is 2.36. The summed E-state index contributed by atoms with van der Waals surface area (Å²) < 4.78 is 18.6. The second kappa shape index (κ2) is 3.99. The second-order valence-corrected chi connectivity index (χ2v) is 4.53. The molecule has 0 unspecified atom stereocenters. The van der Waals surface area contributed by atoms with E-state index in [1.165, 1.54) is 32.4 Å². The first-order valence-electron chi connectivity index (χ1n) is 5.92. The Morgan fingerprint density at radius 1 is 1.35 bits per heavy atom. The third-order valence-electron chi connectivity index (χ3n) is 3.56. The molecule has 2 nitrogen and oxygen atoms in total. The molecule has 1 aromatic heterocycles. The summed E-state index contributed by atoms with van der Waals surface area (Å²) in [5.74, 6) is 0.519. The van der Waals surface area contributed by atoms with E-state index in [0.29, 0.717) is 11.7 Å². The monoisotopic (exact) mass is 231 g/mol. The minimum Gasteiger partial charge on any atom is -0.494 e. The molecule has 17 heavy (non-hydrogen) atoms. The van der Waals surface area contributed by atoms with Gasteiger partial charge in [0.2, 0.25) is 0 Å². The van der Waals surface area contributed by atoms with Crippen LogP contribution in [-0.2, 0) is 0 Å². The fourth-order valence-electron chi connectivity index (χ4n) is 2.36. The minimum atomic E-state index is -0.314. The molecule has 1 saturated carbocycles. The van der Waals surface area contributed by atoms with E-state index in [1.54, 1.807) is 12.3 Å². The van der Waals surface area contributed by atoms with Crippen molar-refractivity contribution in [3.8, 4) is 5.75 Å². The second-order valence-electron chi connectivity index (χ2n) is 4.53. The number of nitrogens with zero attached hydrogens (tertiary/aromatic N) is 1. The van der Waals surface area contributed by atoms with Crippen LogP contribution in [0.1, 0.15) is 30.9 Å². The van der Waals surface area contributed by atoms with Gasteiger partial charge in [0.05, 0.1) is 12.8 Å². The number of halogens is 1. The third kappa shape index (κ3) is 1.66. The van der Waals surface area contributed by atoms with Crippen molar-refractivity contribution in [1.29, 1.82) is 0 Å². The predicted molar refractivity (Wildman–Crippen MR) is 64.8 cm³/mol. The molecule has 88 valence electrons. The van der Waals surface area contributed by atoms with Gasteiger partial charge in [-0.1, -0.05) is 6.42 Å². The van der Waals surface area contributed by atoms with Crippen LogP contribution in [-0.4, -0.2) is 12.1 Å². The fraction of sp³-hybridized carbons (Fsp3) is 0.357. The number of ether oxygens (including phenoxy) is 1. The molecular formula is C14H14FNO. The Kier molecular flexibility index (Phi) is 2.46. The summed E-state index contributed by atoms with van der Waals surface area (Å²) in [6.45, 7) is 0. The number of aromatic nitrogens is 1. The molecule has 3 rings (SSSR count). The minimum absolute atomic E-state index is 0.297. The Labute approximate surface area is 99.4 Å². The summed E-state index contributed by atoms with van der Waals surface area (Å²) in [6, 6.07) is 5.14. The molecule has 2 aromatic rings. The molecule has 0 atom stereocenters. The molecule has 0 spiro atoms. The molecule has 0 aliphatic heterocycles. The lowest BCUT2D eigenvalue weighted by Crippen LogP contribution is -2.11. The van der Waals surface area contributed by atoms with Crippen LogP contribution in [0, 0.1) is 5.82 Å².